The van der Waals surface area contributed by atoms with E-state index in [0.717, 1.165) is 4.88 Å². The molecule has 7 nitrogen and oxygen atoms in total. The summed E-state index contributed by atoms with van der Waals surface area (Å²) in [6.45, 7) is 5.16. The molecule has 0 aliphatic carbocycles. The van der Waals surface area contributed by atoms with E-state index in [1.165, 1.54) is 6.08 Å². The van der Waals surface area contributed by atoms with Crippen LogP contribution in [0.2, 0.25) is 0 Å². The van der Waals surface area contributed by atoms with Crippen LogP contribution in [0, 0.1) is 0 Å². The summed E-state index contributed by atoms with van der Waals surface area (Å²) >= 11 is 1.55. The number of para-hydroxylation sites is 1. The van der Waals surface area contributed by atoms with Crippen LogP contribution >= 0.6 is 11.3 Å². The van der Waals surface area contributed by atoms with Gasteiger partial charge in [0, 0.05) is 36.3 Å². The Bertz CT molecular complexity index is 951. The van der Waals surface area contributed by atoms with Crippen molar-refractivity contribution in [3.05, 3.63) is 58.8 Å². The van der Waals surface area contributed by atoms with Crippen molar-refractivity contribution in [3.63, 3.8) is 0 Å². The molecular formula is C25H31N3O4S. The lowest BCUT2D eigenvalue weighted by atomic mass is 9.84. The molecule has 1 fully saturated rings. The molecule has 1 saturated heterocycles. The number of rotatable bonds is 8. The highest BCUT2D eigenvalue weighted by molar-refractivity contribution is 7.10. The maximum atomic E-state index is 13.7. The summed E-state index contributed by atoms with van der Waals surface area (Å²) in [4.78, 5) is 43.6. The number of nitrogens with zero attached hydrogens (tertiary/aromatic N) is 2. The second kappa shape index (κ2) is 11.7. The fraction of sp³-hybridized carbons (Fsp3) is 0.400. The van der Waals surface area contributed by atoms with Crippen LogP contribution in [0.4, 0.5) is 10.5 Å². The van der Waals surface area contributed by atoms with Crippen molar-refractivity contribution >= 4 is 41.0 Å². The fourth-order valence-corrected chi connectivity index (χ4v) is 4.67. The second-order valence-electron chi connectivity index (χ2n) is 7.88. The Kier molecular flexibility index (Phi) is 8.65. The number of nitrogens with one attached hydrogen (secondary N) is 1. The zero-order valence-corrected chi connectivity index (χ0v) is 20.0. The van der Waals surface area contributed by atoms with Crippen LogP contribution in [0.15, 0.2) is 53.9 Å². The number of benzene rings is 1. The van der Waals surface area contributed by atoms with Gasteiger partial charge in [-0.2, -0.15) is 0 Å². The molecule has 0 spiro atoms. The molecule has 176 valence electrons. The summed E-state index contributed by atoms with van der Waals surface area (Å²) < 4.78 is 5.14. The quantitative estimate of drug-likeness (QED) is 0.572. The molecule has 0 saturated carbocycles. The summed E-state index contributed by atoms with van der Waals surface area (Å²) in [7, 11) is 0. The normalized spacial score (nSPS) is 15.3. The van der Waals surface area contributed by atoms with Crippen molar-refractivity contribution in [3.8, 4) is 0 Å². The molecule has 3 amide bonds. The highest BCUT2D eigenvalue weighted by atomic mass is 32.1. The van der Waals surface area contributed by atoms with Gasteiger partial charge in [0.25, 0.3) is 5.91 Å². The summed E-state index contributed by atoms with van der Waals surface area (Å²) in [5.41, 5.74) is -0.390. The third-order valence-electron chi connectivity index (χ3n) is 5.73. The number of hydrogen-bond acceptors (Lipinski definition) is 5. The lowest BCUT2D eigenvalue weighted by Gasteiger charge is -2.47. The molecule has 1 N–H and O–H groups in total. The van der Waals surface area contributed by atoms with E-state index < -0.39 is 5.54 Å². The number of likely N-dealkylation sites (tertiary alicyclic amines) is 1. The number of piperidine rings is 1. The Morgan fingerprint density at radius 1 is 1.12 bits per heavy atom. The minimum absolute atomic E-state index is 0.210. The zero-order chi connectivity index (χ0) is 23.7. The summed E-state index contributed by atoms with van der Waals surface area (Å²) in [6, 6.07) is 13.1. The molecule has 0 atom stereocenters. The Balaban J connectivity index is 1.89. The van der Waals surface area contributed by atoms with Gasteiger partial charge in [-0.25, -0.2) is 4.79 Å². The van der Waals surface area contributed by atoms with E-state index in [9.17, 15) is 14.4 Å². The van der Waals surface area contributed by atoms with E-state index in [4.69, 9.17) is 4.74 Å². The van der Waals surface area contributed by atoms with Crippen molar-refractivity contribution in [2.24, 2.45) is 0 Å². The van der Waals surface area contributed by atoms with Gasteiger partial charge < -0.3 is 19.9 Å². The minimum atomic E-state index is -1.06. The number of hydrogen-bond donors (Lipinski definition) is 1. The van der Waals surface area contributed by atoms with Crippen LogP contribution in [0.1, 0.15) is 38.0 Å². The van der Waals surface area contributed by atoms with Crippen molar-refractivity contribution in [1.82, 2.24) is 9.80 Å². The lowest BCUT2D eigenvalue weighted by Crippen LogP contribution is -2.63. The average molecular weight is 470 g/mol. The largest absolute Gasteiger partial charge is 0.450 e. The van der Waals surface area contributed by atoms with Gasteiger partial charge in [0.1, 0.15) is 5.54 Å². The van der Waals surface area contributed by atoms with Gasteiger partial charge in [-0.15, -0.1) is 11.3 Å². The molecule has 1 aromatic carbocycles. The van der Waals surface area contributed by atoms with Crippen LogP contribution in [0.3, 0.4) is 0 Å². The first kappa shape index (κ1) is 24.5. The van der Waals surface area contributed by atoms with E-state index in [0.29, 0.717) is 51.2 Å². The molecule has 33 heavy (non-hydrogen) atoms. The Hall–Kier alpha value is -3.13. The maximum Gasteiger partial charge on any atom is 0.409 e. The topological polar surface area (TPSA) is 79.0 Å². The SMILES string of the molecule is CCCN(C(=O)C=Cc1cccs1)C1(C(=O)Nc2ccccc2)CCN(C(=O)OCC)CC1. The number of thiophene rings is 1. The van der Waals surface area contributed by atoms with E-state index in [1.807, 2.05) is 54.8 Å². The first-order valence-corrected chi connectivity index (χ1v) is 12.2. The lowest BCUT2D eigenvalue weighted by molar-refractivity contribution is -0.145. The van der Waals surface area contributed by atoms with E-state index in [-0.39, 0.29) is 17.9 Å². The molecule has 1 aliphatic rings. The summed E-state index contributed by atoms with van der Waals surface area (Å²) in [5.74, 6) is -0.443. The standard InChI is InChI=1S/C25H31N3O4S/c1-3-16-28(22(29)13-12-21-11-8-19-33-21)25(23(30)26-20-9-6-5-7-10-20)14-17-27(18-15-25)24(31)32-4-2/h5-13,19H,3-4,14-18H2,1-2H3,(H,26,30). The van der Waals surface area contributed by atoms with Crippen molar-refractivity contribution in [1.29, 1.82) is 0 Å². The molecular weight excluding hydrogens is 438 g/mol. The predicted molar refractivity (Wildman–Crippen MR) is 131 cm³/mol. The third kappa shape index (κ3) is 6.01. The zero-order valence-electron chi connectivity index (χ0n) is 19.2. The smallest absolute Gasteiger partial charge is 0.409 e. The van der Waals surface area contributed by atoms with Crippen molar-refractivity contribution < 1.29 is 19.1 Å². The van der Waals surface area contributed by atoms with Gasteiger partial charge in [-0.05, 0) is 55.8 Å². The number of anilines is 1. The molecule has 0 unspecified atom stereocenters. The maximum absolute atomic E-state index is 13.7. The second-order valence-corrected chi connectivity index (χ2v) is 8.86. The molecule has 1 aliphatic heterocycles. The first-order valence-electron chi connectivity index (χ1n) is 11.3. The van der Waals surface area contributed by atoms with Gasteiger partial charge in [0.15, 0.2) is 0 Å². The molecule has 2 aromatic rings. The Labute approximate surface area is 199 Å². The Morgan fingerprint density at radius 3 is 2.45 bits per heavy atom. The van der Waals surface area contributed by atoms with E-state index >= 15 is 0 Å². The van der Waals surface area contributed by atoms with Gasteiger partial charge >= 0.3 is 6.09 Å². The van der Waals surface area contributed by atoms with Crippen LogP contribution in [-0.2, 0) is 14.3 Å². The fourth-order valence-electron chi connectivity index (χ4n) is 4.05. The number of carbonyl (C=O) groups is 3. The molecule has 0 bridgehead atoms. The number of amides is 3. The number of carbonyl (C=O) groups excluding carboxylic acids is 3. The molecule has 0 radical (unpaired) electrons. The van der Waals surface area contributed by atoms with Crippen LogP contribution in [0.25, 0.3) is 6.08 Å². The van der Waals surface area contributed by atoms with E-state index in [1.54, 1.807) is 34.1 Å². The third-order valence-corrected chi connectivity index (χ3v) is 6.57. The molecule has 1 aromatic heterocycles. The molecule has 3 rings (SSSR count). The van der Waals surface area contributed by atoms with Crippen molar-refractivity contribution in [2.45, 2.75) is 38.6 Å². The average Bonchev–Trinajstić information content (AvgIpc) is 3.35. The van der Waals surface area contributed by atoms with Crippen LogP contribution in [-0.4, -0.2) is 59.5 Å². The molecule has 2 heterocycles. The Morgan fingerprint density at radius 2 is 1.85 bits per heavy atom. The van der Waals surface area contributed by atoms with Gasteiger partial charge in [-0.1, -0.05) is 31.2 Å². The van der Waals surface area contributed by atoms with Crippen LogP contribution in [0.5, 0.6) is 0 Å². The minimum Gasteiger partial charge on any atom is -0.450 e. The highest BCUT2D eigenvalue weighted by Gasteiger charge is 2.48. The molecule has 8 heteroatoms. The van der Waals surface area contributed by atoms with Gasteiger partial charge in [-0.3, -0.25) is 9.59 Å². The van der Waals surface area contributed by atoms with Crippen LogP contribution < -0.4 is 5.32 Å². The predicted octanol–water partition coefficient (Wildman–Crippen LogP) is 4.63. The van der Waals surface area contributed by atoms with E-state index in [2.05, 4.69) is 5.32 Å². The first-order chi connectivity index (χ1) is 16.0. The number of ether oxygens (including phenoxy) is 1. The summed E-state index contributed by atoms with van der Waals surface area (Å²) in [5, 5.41) is 4.95. The van der Waals surface area contributed by atoms with Crippen molar-refractivity contribution in [2.75, 3.05) is 31.6 Å². The van der Waals surface area contributed by atoms with Gasteiger partial charge in [0.2, 0.25) is 5.91 Å². The van der Waals surface area contributed by atoms with Gasteiger partial charge in [0.05, 0.1) is 6.61 Å². The summed E-state index contributed by atoms with van der Waals surface area (Å²) in [6.07, 6.45) is 4.32. The monoisotopic (exact) mass is 469 g/mol. The highest BCUT2D eigenvalue weighted by Crippen LogP contribution is 2.32.